The number of para-hydroxylation sites is 2. The molecule has 0 saturated heterocycles. The maximum absolute atomic E-state index is 4.79. The van der Waals surface area contributed by atoms with Gasteiger partial charge in [0.15, 0.2) is 0 Å². The highest BCUT2D eigenvalue weighted by Gasteiger charge is 2.15. The van der Waals surface area contributed by atoms with Crippen LogP contribution in [0.3, 0.4) is 0 Å². The number of nitrogens with one attached hydrogen (secondary N) is 1. The molecule has 1 aromatic carbocycles. The highest BCUT2D eigenvalue weighted by atomic mass is 32.1. The SMILES string of the molecule is CCn1c(C(C)NCc2cnc(C)s2)nc2ccccc21. The van der Waals surface area contributed by atoms with Crippen LogP contribution in [-0.4, -0.2) is 14.5 Å². The van der Waals surface area contributed by atoms with Crippen LogP contribution in [0.4, 0.5) is 0 Å². The largest absolute Gasteiger partial charge is 0.327 e. The first kappa shape index (κ1) is 14.2. The summed E-state index contributed by atoms with van der Waals surface area (Å²) >= 11 is 1.74. The maximum Gasteiger partial charge on any atom is 0.126 e. The summed E-state index contributed by atoms with van der Waals surface area (Å²) in [6, 6.07) is 8.52. The van der Waals surface area contributed by atoms with Gasteiger partial charge in [0.2, 0.25) is 0 Å². The second-order valence-electron chi connectivity index (χ2n) is 5.15. The Morgan fingerprint density at radius 1 is 1.33 bits per heavy atom. The Balaban J connectivity index is 1.82. The van der Waals surface area contributed by atoms with Gasteiger partial charge in [0.1, 0.15) is 5.82 Å². The molecule has 21 heavy (non-hydrogen) atoms. The zero-order valence-electron chi connectivity index (χ0n) is 12.6. The third-order valence-corrected chi connectivity index (χ3v) is 4.55. The number of rotatable bonds is 5. The van der Waals surface area contributed by atoms with Gasteiger partial charge in [-0.3, -0.25) is 0 Å². The fraction of sp³-hybridized carbons (Fsp3) is 0.375. The molecule has 3 rings (SSSR count). The highest BCUT2D eigenvalue weighted by Crippen LogP contribution is 2.21. The van der Waals surface area contributed by atoms with Gasteiger partial charge in [0.05, 0.1) is 22.1 Å². The summed E-state index contributed by atoms with van der Waals surface area (Å²) in [5.41, 5.74) is 2.27. The predicted octanol–water partition coefficient (Wildman–Crippen LogP) is 3.67. The van der Waals surface area contributed by atoms with E-state index in [1.54, 1.807) is 11.3 Å². The molecule has 4 nitrogen and oxygen atoms in total. The van der Waals surface area contributed by atoms with Crippen molar-refractivity contribution in [3.8, 4) is 0 Å². The standard InChI is InChI=1S/C16H20N4S/c1-4-20-15-8-6-5-7-14(15)19-16(20)11(2)17-9-13-10-18-12(3)21-13/h5-8,10-11,17H,4,9H2,1-3H3. The Bertz CT molecular complexity index is 744. The minimum atomic E-state index is 0.208. The third-order valence-electron chi connectivity index (χ3n) is 3.64. The Hall–Kier alpha value is -1.72. The van der Waals surface area contributed by atoms with Crippen molar-refractivity contribution in [2.45, 2.75) is 39.9 Å². The van der Waals surface area contributed by atoms with Gasteiger partial charge in [-0.25, -0.2) is 9.97 Å². The minimum Gasteiger partial charge on any atom is -0.327 e. The van der Waals surface area contributed by atoms with E-state index < -0.39 is 0 Å². The van der Waals surface area contributed by atoms with Gasteiger partial charge in [-0.15, -0.1) is 11.3 Å². The molecule has 0 radical (unpaired) electrons. The summed E-state index contributed by atoms with van der Waals surface area (Å²) in [6.45, 7) is 8.13. The highest BCUT2D eigenvalue weighted by molar-refractivity contribution is 7.11. The van der Waals surface area contributed by atoms with Gasteiger partial charge in [-0.1, -0.05) is 12.1 Å². The van der Waals surface area contributed by atoms with Crippen molar-refractivity contribution in [3.63, 3.8) is 0 Å². The van der Waals surface area contributed by atoms with E-state index in [0.717, 1.165) is 29.4 Å². The van der Waals surface area contributed by atoms with Crippen molar-refractivity contribution in [1.82, 2.24) is 19.9 Å². The van der Waals surface area contributed by atoms with Crippen LogP contribution in [0.1, 0.15) is 35.6 Å². The van der Waals surface area contributed by atoms with Crippen molar-refractivity contribution >= 4 is 22.4 Å². The summed E-state index contributed by atoms with van der Waals surface area (Å²) < 4.78 is 2.28. The topological polar surface area (TPSA) is 42.7 Å². The van der Waals surface area contributed by atoms with E-state index in [1.165, 1.54) is 10.4 Å². The summed E-state index contributed by atoms with van der Waals surface area (Å²) in [5, 5.41) is 4.66. The Kier molecular flexibility index (Phi) is 4.03. The van der Waals surface area contributed by atoms with E-state index >= 15 is 0 Å². The van der Waals surface area contributed by atoms with Crippen LogP contribution in [0.2, 0.25) is 0 Å². The van der Waals surface area contributed by atoms with Gasteiger partial charge in [0, 0.05) is 24.2 Å². The summed E-state index contributed by atoms with van der Waals surface area (Å²) in [7, 11) is 0. The molecule has 0 spiro atoms. The number of aromatic nitrogens is 3. The molecule has 5 heteroatoms. The molecule has 0 amide bonds. The van der Waals surface area contributed by atoms with E-state index in [1.807, 2.05) is 19.2 Å². The molecule has 2 heterocycles. The average Bonchev–Trinajstić information content (AvgIpc) is 3.07. The normalized spacial score (nSPS) is 12.9. The molecule has 0 aliphatic carbocycles. The molecule has 1 unspecified atom stereocenters. The van der Waals surface area contributed by atoms with Crippen LogP contribution in [0, 0.1) is 6.92 Å². The number of thiazole rings is 1. The number of benzene rings is 1. The van der Waals surface area contributed by atoms with Crippen LogP contribution < -0.4 is 5.32 Å². The van der Waals surface area contributed by atoms with Crippen molar-refractivity contribution in [2.75, 3.05) is 0 Å². The molecule has 110 valence electrons. The lowest BCUT2D eigenvalue weighted by atomic mass is 10.3. The number of aryl methyl sites for hydroxylation is 2. The Morgan fingerprint density at radius 2 is 2.14 bits per heavy atom. The predicted molar refractivity (Wildman–Crippen MR) is 87.5 cm³/mol. The monoisotopic (exact) mass is 300 g/mol. The number of hydrogen-bond donors (Lipinski definition) is 1. The minimum absolute atomic E-state index is 0.208. The molecule has 3 aromatic rings. The second kappa shape index (κ2) is 5.95. The van der Waals surface area contributed by atoms with Crippen molar-refractivity contribution in [2.24, 2.45) is 0 Å². The first-order valence-corrected chi connectivity index (χ1v) is 8.10. The summed E-state index contributed by atoms with van der Waals surface area (Å²) in [6.07, 6.45) is 1.95. The van der Waals surface area contributed by atoms with Crippen LogP contribution in [0.5, 0.6) is 0 Å². The van der Waals surface area contributed by atoms with E-state index in [4.69, 9.17) is 4.98 Å². The van der Waals surface area contributed by atoms with Crippen molar-refractivity contribution < 1.29 is 0 Å². The third kappa shape index (κ3) is 2.84. The first-order valence-electron chi connectivity index (χ1n) is 7.29. The van der Waals surface area contributed by atoms with E-state index in [0.29, 0.717) is 0 Å². The van der Waals surface area contributed by atoms with Crippen molar-refractivity contribution in [1.29, 1.82) is 0 Å². The van der Waals surface area contributed by atoms with Gasteiger partial charge in [0.25, 0.3) is 0 Å². The molecule has 0 fully saturated rings. The summed E-state index contributed by atoms with van der Waals surface area (Å²) in [5.74, 6) is 1.10. The number of fused-ring (bicyclic) bond motifs is 1. The fourth-order valence-electron chi connectivity index (χ4n) is 2.59. The molecule has 2 aromatic heterocycles. The zero-order valence-corrected chi connectivity index (χ0v) is 13.4. The van der Waals surface area contributed by atoms with Crippen LogP contribution >= 0.6 is 11.3 Å². The van der Waals surface area contributed by atoms with Crippen LogP contribution in [0.15, 0.2) is 30.5 Å². The molecule has 0 aliphatic rings. The molecular formula is C16H20N4S. The van der Waals surface area contributed by atoms with Gasteiger partial charge in [-0.2, -0.15) is 0 Å². The lowest BCUT2D eigenvalue weighted by molar-refractivity contribution is 0.524. The zero-order chi connectivity index (χ0) is 14.8. The smallest absolute Gasteiger partial charge is 0.126 e. The van der Waals surface area contributed by atoms with Gasteiger partial charge < -0.3 is 9.88 Å². The number of imidazole rings is 1. The lowest BCUT2D eigenvalue weighted by Crippen LogP contribution is -2.21. The fourth-order valence-corrected chi connectivity index (χ4v) is 3.33. The number of hydrogen-bond acceptors (Lipinski definition) is 4. The molecule has 0 aliphatic heterocycles. The number of nitrogens with zero attached hydrogens (tertiary/aromatic N) is 3. The van der Waals surface area contributed by atoms with Crippen LogP contribution in [-0.2, 0) is 13.1 Å². The molecule has 0 bridgehead atoms. The van der Waals surface area contributed by atoms with Gasteiger partial charge >= 0.3 is 0 Å². The molecule has 1 atom stereocenters. The van der Waals surface area contributed by atoms with Crippen molar-refractivity contribution in [3.05, 3.63) is 46.2 Å². The average molecular weight is 300 g/mol. The van der Waals surface area contributed by atoms with E-state index in [9.17, 15) is 0 Å². The Labute approximate surface area is 128 Å². The maximum atomic E-state index is 4.79. The van der Waals surface area contributed by atoms with Crippen LogP contribution in [0.25, 0.3) is 11.0 Å². The Morgan fingerprint density at radius 3 is 2.86 bits per heavy atom. The quantitative estimate of drug-likeness (QED) is 0.781. The lowest BCUT2D eigenvalue weighted by Gasteiger charge is -2.14. The molecule has 0 saturated carbocycles. The second-order valence-corrected chi connectivity index (χ2v) is 6.47. The summed E-state index contributed by atoms with van der Waals surface area (Å²) in [4.78, 5) is 10.3. The first-order chi connectivity index (χ1) is 10.2. The van der Waals surface area contributed by atoms with E-state index in [-0.39, 0.29) is 6.04 Å². The molecular weight excluding hydrogens is 280 g/mol. The van der Waals surface area contributed by atoms with Gasteiger partial charge in [-0.05, 0) is 32.9 Å². The van der Waals surface area contributed by atoms with E-state index in [2.05, 4.69) is 46.9 Å². The molecule has 1 N–H and O–H groups in total.